The normalized spacial score (nSPS) is 11.9. The Balaban J connectivity index is 1.44. The van der Waals surface area contributed by atoms with Gasteiger partial charge in [-0.25, -0.2) is 0 Å². The topological polar surface area (TPSA) is 24.9 Å². The van der Waals surface area contributed by atoms with E-state index >= 15 is 0 Å². The average Bonchev–Trinajstić information content (AvgIpc) is 3.11. The molecule has 1 unspecified atom stereocenters. The molecule has 0 spiro atoms. The highest BCUT2D eigenvalue weighted by Crippen LogP contribution is 2.41. The zero-order chi connectivity index (χ0) is 30.6. The first-order valence-electron chi connectivity index (χ1n) is 15.7. The van der Waals surface area contributed by atoms with E-state index < -0.39 is 0 Å². The van der Waals surface area contributed by atoms with Gasteiger partial charge >= 0.3 is 0 Å². The van der Waals surface area contributed by atoms with Gasteiger partial charge in [-0.15, -0.1) is 0 Å². The molecule has 1 atom stereocenters. The number of hydrogen-bond donors (Lipinski definition) is 1. The Morgan fingerprint density at radius 3 is 1.69 bits per heavy atom. The van der Waals surface area contributed by atoms with E-state index in [1.165, 1.54) is 33.0 Å². The van der Waals surface area contributed by atoms with Crippen molar-refractivity contribution in [3.63, 3.8) is 0 Å². The number of benzene rings is 6. The van der Waals surface area contributed by atoms with Gasteiger partial charge in [0.2, 0.25) is 0 Å². The van der Waals surface area contributed by atoms with Crippen molar-refractivity contribution >= 4 is 16.5 Å². The van der Waals surface area contributed by atoms with E-state index in [-0.39, 0.29) is 6.04 Å². The molecule has 6 aromatic carbocycles. The molecule has 45 heavy (non-hydrogen) atoms. The van der Waals surface area contributed by atoms with Crippen LogP contribution in [-0.2, 0) is 0 Å². The highest BCUT2D eigenvalue weighted by atomic mass is 15.0. The molecule has 7 rings (SSSR count). The number of nitrogens with zero attached hydrogens (tertiary/aromatic N) is 1. The Morgan fingerprint density at radius 1 is 0.467 bits per heavy atom. The fourth-order valence-corrected chi connectivity index (χ4v) is 6.39. The highest BCUT2D eigenvalue weighted by Gasteiger charge is 2.24. The molecule has 0 fully saturated rings. The van der Waals surface area contributed by atoms with Crippen LogP contribution in [0.2, 0.25) is 0 Å². The SMILES string of the molecule is CC(C)c1ccccc1C(Nc1c(-c2ccccc2)cccc1-c1ccccc1)c1cccc(-c2cccc3ccccc23)n1. The minimum Gasteiger partial charge on any atom is -0.372 e. The number of anilines is 1. The van der Waals surface area contributed by atoms with Crippen LogP contribution in [0.25, 0.3) is 44.3 Å². The van der Waals surface area contributed by atoms with Gasteiger partial charge < -0.3 is 5.32 Å². The summed E-state index contributed by atoms with van der Waals surface area (Å²) in [7, 11) is 0. The number of hydrogen-bond acceptors (Lipinski definition) is 2. The molecular formula is C43H36N2. The molecule has 0 saturated carbocycles. The number of rotatable bonds is 8. The summed E-state index contributed by atoms with van der Waals surface area (Å²) in [5.41, 5.74) is 11.4. The van der Waals surface area contributed by atoms with E-state index in [1.54, 1.807) is 0 Å². The van der Waals surface area contributed by atoms with Crippen molar-refractivity contribution in [2.75, 3.05) is 5.32 Å². The van der Waals surface area contributed by atoms with Gasteiger partial charge in [0.15, 0.2) is 0 Å². The predicted molar refractivity (Wildman–Crippen MR) is 190 cm³/mol. The highest BCUT2D eigenvalue weighted by molar-refractivity contribution is 5.96. The van der Waals surface area contributed by atoms with Gasteiger partial charge in [0.05, 0.1) is 23.1 Å². The second kappa shape index (κ2) is 12.6. The summed E-state index contributed by atoms with van der Waals surface area (Å²) < 4.78 is 0. The first kappa shape index (κ1) is 28.3. The second-order valence-electron chi connectivity index (χ2n) is 11.8. The molecule has 1 N–H and O–H groups in total. The molecule has 7 aromatic rings. The standard InChI is InChI=1S/C43H36N2/c1-30(2)34-22-11-12-24-39(34)43(41-29-15-28-40(44-41)38-27-13-21-31-20-9-10-23-35(31)38)45-42-36(32-16-5-3-6-17-32)25-14-26-37(42)33-18-7-4-8-19-33/h3-30,43,45H,1-2H3. The van der Waals surface area contributed by atoms with Crippen LogP contribution in [0.3, 0.4) is 0 Å². The lowest BCUT2D eigenvalue weighted by Crippen LogP contribution is -2.17. The van der Waals surface area contributed by atoms with Crippen molar-refractivity contribution in [3.8, 4) is 33.5 Å². The van der Waals surface area contributed by atoms with Gasteiger partial charge in [-0.1, -0.05) is 166 Å². The Kier molecular flexibility index (Phi) is 7.95. The monoisotopic (exact) mass is 580 g/mol. The third-order valence-corrected chi connectivity index (χ3v) is 8.58. The fourth-order valence-electron chi connectivity index (χ4n) is 6.39. The smallest absolute Gasteiger partial charge is 0.0943 e. The average molecular weight is 581 g/mol. The van der Waals surface area contributed by atoms with Gasteiger partial charge in [-0.2, -0.15) is 0 Å². The van der Waals surface area contributed by atoms with Crippen molar-refractivity contribution in [2.24, 2.45) is 0 Å². The summed E-state index contributed by atoms with van der Waals surface area (Å²) in [5, 5.41) is 6.51. The first-order valence-corrected chi connectivity index (χ1v) is 15.7. The van der Waals surface area contributed by atoms with E-state index in [4.69, 9.17) is 4.98 Å². The van der Waals surface area contributed by atoms with Crippen LogP contribution >= 0.6 is 0 Å². The van der Waals surface area contributed by atoms with Crippen molar-refractivity contribution in [1.82, 2.24) is 4.98 Å². The largest absolute Gasteiger partial charge is 0.372 e. The van der Waals surface area contributed by atoms with Crippen molar-refractivity contribution in [3.05, 3.63) is 181 Å². The van der Waals surface area contributed by atoms with E-state index in [0.717, 1.165) is 33.8 Å². The molecular weight excluding hydrogens is 544 g/mol. The number of nitrogens with one attached hydrogen (secondary N) is 1. The summed E-state index contributed by atoms with van der Waals surface area (Å²) in [6.07, 6.45) is 0. The Labute approximate surface area is 266 Å². The van der Waals surface area contributed by atoms with Gasteiger partial charge in [-0.3, -0.25) is 4.98 Å². The second-order valence-corrected chi connectivity index (χ2v) is 11.8. The molecule has 0 aliphatic heterocycles. The van der Waals surface area contributed by atoms with Crippen LogP contribution in [0.15, 0.2) is 164 Å². The first-order chi connectivity index (χ1) is 22.2. The van der Waals surface area contributed by atoms with Gasteiger partial charge in [0.1, 0.15) is 0 Å². The molecule has 0 aliphatic carbocycles. The van der Waals surface area contributed by atoms with Crippen molar-refractivity contribution in [2.45, 2.75) is 25.8 Å². The van der Waals surface area contributed by atoms with E-state index in [9.17, 15) is 0 Å². The maximum atomic E-state index is 5.41. The summed E-state index contributed by atoms with van der Waals surface area (Å²) >= 11 is 0. The maximum absolute atomic E-state index is 5.41. The number of pyridine rings is 1. The number of aromatic nitrogens is 1. The Morgan fingerprint density at radius 2 is 1.00 bits per heavy atom. The molecule has 2 nitrogen and oxygen atoms in total. The quantitative estimate of drug-likeness (QED) is 0.193. The third-order valence-electron chi connectivity index (χ3n) is 8.58. The zero-order valence-electron chi connectivity index (χ0n) is 25.7. The van der Waals surface area contributed by atoms with Gasteiger partial charge in [-0.05, 0) is 51.1 Å². The lowest BCUT2D eigenvalue weighted by molar-refractivity contribution is 0.805. The lowest BCUT2D eigenvalue weighted by atomic mass is 9.89. The molecule has 0 saturated heterocycles. The van der Waals surface area contributed by atoms with Crippen LogP contribution in [0.4, 0.5) is 5.69 Å². The Hall–Kier alpha value is -5.47. The molecule has 1 heterocycles. The predicted octanol–water partition coefficient (Wildman–Crippen LogP) is 11.6. The number of fused-ring (bicyclic) bond motifs is 1. The van der Waals surface area contributed by atoms with Crippen molar-refractivity contribution < 1.29 is 0 Å². The molecule has 0 radical (unpaired) electrons. The molecule has 218 valence electrons. The summed E-state index contributed by atoms with van der Waals surface area (Å²) in [4.78, 5) is 5.41. The van der Waals surface area contributed by atoms with Crippen LogP contribution in [0, 0.1) is 0 Å². The number of para-hydroxylation sites is 1. The zero-order valence-corrected chi connectivity index (χ0v) is 25.7. The fraction of sp³-hybridized carbons (Fsp3) is 0.0930. The molecule has 2 heteroatoms. The van der Waals surface area contributed by atoms with Gasteiger partial charge in [0, 0.05) is 16.7 Å². The molecule has 1 aromatic heterocycles. The van der Waals surface area contributed by atoms with E-state index in [2.05, 4.69) is 183 Å². The minimum absolute atomic E-state index is 0.189. The van der Waals surface area contributed by atoms with Crippen molar-refractivity contribution in [1.29, 1.82) is 0 Å². The van der Waals surface area contributed by atoms with E-state index in [0.29, 0.717) is 5.92 Å². The lowest BCUT2D eigenvalue weighted by Gasteiger charge is -2.27. The minimum atomic E-state index is -0.189. The van der Waals surface area contributed by atoms with Crippen LogP contribution < -0.4 is 5.32 Å². The van der Waals surface area contributed by atoms with Crippen LogP contribution in [0.1, 0.15) is 42.6 Å². The molecule has 0 aliphatic rings. The summed E-state index contributed by atoms with van der Waals surface area (Å²) in [6, 6.07) is 58.0. The van der Waals surface area contributed by atoms with Crippen LogP contribution in [-0.4, -0.2) is 4.98 Å². The third kappa shape index (κ3) is 5.75. The summed E-state index contributed by atoms with van der Waals surface area (Å²) in [5.74, 6) is 0.352. The van der Waals surface area contributed by atoms with Crippen LogP contribution in [0.5, 0.6) is 0 Å². The Bertz CT molecular complexity index is 2000. The molecule has 0 amide bonds. The molecule has 0 bridgehead atoms. The maximum Gasteiger partial charge on any atom is 0.0943 e. The summed E-state index contributed by atoms with van der Waals surface area (Å²) in [6.45, 7) is 4.53. The van der Waals surface area contributed by atoms with Gasteiger partial charge in [0.25, 0.3) is 0 Å². The van der Waals surface area contributed by atoms with E-state index in [1.807, 2.05) is 0 Å².